The smallest absolute Gasteiger partial charge is 0.127 e. The number of benzene rings is 1. The van der Waals surface area contributed by atoms with Gasteiger partial charge in [-0.05, 0) is 42.4 Å². The lowest BCUT2D eigenvalue weighted by Crippen LogP contribution is -2.20. The van der Waals surface area contributed by atoms with Crippen molar-refractivity contribution in [2.45, 2.75) is 26.7 Å². The molecule has 0 amide bonds. The van der Waals surface area contributed by atoms with Gasteiger partial charge in [0, 0.05) is 17.9 Å². The third-order valence-corrected chi connectivity index (χ3v) is 3.68. The summed E-state index contributed by atoms with van der Waals surface area (Å²) in [6.07, 6.45) is 2.53. The van der Waals surface area contributed by atoms with E-state index in [1.807, 2.05) is 0 Å². The summed E-state index contributed by atoms with van der Waals surface area (Å²) in [6, 6.07) is 4.60. The van der Waals surface area contributed by atoms with Gasteiger partial charge in [0.15, 0.2) is 0 Å². The second-order valence-corrected chi connectivity index (χ2v) is 5.14. The van der Waals surface area contributed by atoms with Crippen LogP contribution in [0, 0.1) is 17.2 Å². The fraction of sp³-hybridized carbons (Fsp3) is 0.538. The minimum absolute atomic E-state index is 0.281. The first kappa shape index (κ1) is 11.2. The number of rotatable bonds is 4. The van der Waals surface area contributed by atoms with E-state index in [4.69, 9.17) is 5.73 Å². The number of nitrogen functional groups attached to an aromatic ring is 1. The Morgan fingerprint density at radius 1 is 1.38 bits per heavy atom. The van der Waals surface area contributed by atoms with Gasteiger partial charge in [0.05, 0.1) is 0 Å². The maximum Gasteiger partial charge on any atom is 0.127 e. The quantitative estimate of drug-likeness (QED) is 0.767. The molecule has 0 bridgehead atoms. The zero-order chi connectivity index (χ0) is 11.8. The Bertz CT molecular complexity index is 363. The van der Waals surface area contributed by atoms with E-state index in [1.54, 1.807) is 6.07 Å². The van der Waals surface area contributed by atoms with Gasteiger partial charge in [0.1, 0.15) is 5.82 Å². The van der Waals surface area contributed by atoms with Crippen molar-refractivity contribution >= 4 is 11.4 Å². The molecule has 2 nitrogen and oxygen atoms in total. The normalized spacial score (nSPS) is 17.5. The summed E-state index contributed by atoms with van der Waals surface area (Å²) in [4.78, 5) is 0. The molecule has 1 saturated carbocycles. The number of anilines is 2. The second-order valence-electron chi connectivity index (χ2n) is 5.14. The van der Waals surface area contributed by atoms with Crippen molar-refractivity contribution in [3.8, 4) is 0 Å². The fourth-order valence-corrected chi connectivity index (χ4v) is 2.11. The molecule has 0 radical (unpaired) electrons. The average Bonchev–Trinajstić information content (AvgIpc) is 2.94. The first-order chi connectivity index (χ1) is 7.52. The van der Waals surface area contributed by atoms with Gasteiger partial charge in [-0.2, -0.15) is 0 Å². The highest BCUT2D eigenvalue weighted by Gasteiger charge is 2.44. The van der Waals surface area contributed by atoms with Crippen molar-refractivity contribution in [2.24, 2.45) is 11.3 Å². The van der Waals surface area contributed by atoms with E-state index in [1.165, 1.54) is 25.0 Å². The summed E-state index contributed by atoms with van der Waals surface area (Å²) in [5.74, 6) is 0.391. The molecule has 0 spiro atoms. The molecule has 1 fully saturated rings. The van der Waals surface area contributed by atoms with Gasteiger partial charge in [-0.3, -0.25) is 0 Å². The summed E-state index contributed by atoms with van der Waals surface area (Å²) in [6.45, 7) is 5.40. The van der Waals surface area contributed by atoms with E-state index in [2.05, 4.69) is 19.2 Å². The van der Waals surface area contributed by atoms with E-state index in [0.717, 1.165) is 12.2 Å². The highest BCUT2D eigenvalue weighted by atomic mass is 19.1. The van der Waals surface area contributed by atoms with Gasteiger partial charge in [-0.1, -0.05) is 13.8 Å². The van der Waals surface area contributed by atoms with Crippen LogP contribution in [0.4, 0.5) is 15.8 Å². The zero-order valence-corrected chi connectivity index (χ0v) is 9.89. The van der Waals surface area contributed by atoms with Crippen LogP contribution in [-0.2, 0) is 0 Å². The highest BCUT2D eigenvalue weighted by molar-refractivity contribution is 5.54. The molecule has 3 heteroatoms. The van der Waals surface area contributed by atoms with Crippen molar-refractivity contribution in [3.63, 3.8) is 0 Å². The third-order valence-electron chi connectivity index (χ3n) is 3.68. The fourth-order valence-electron chi connectivity index (χ4n) is 2.11. The van der Waals surface area contributed by atoms with Gasteiger partial charge in [0.25, 0.3) is 0 Å². The second kappa shape index (κ2) is 3.96. The molecule has 16 heavy (non-hydrogen) atoms. The topological polar surface area (TPSA) is 38.0 Å². The molecule has 0 heterocycles. The molecule has 0 saturated heterocycles. The van der Waals surface area contributed by atoms with Crippen LogP contribution in [0.1, 0.15) is 26.7 Å². The van der Waals surface area contributed by atoms with Crippen LogP contribution in [0.25, 0.3) is 0 Å². The molecule has 0 atom stereocenters. The first-order valence-corrected chi connectivity index (χ1v) is 5.82. The van der Waals surface area contributed by atoms with Crippen molar-refractivity contribution < 1.29 is 4.39 Å². The van der Waals surface area contributed by atoms with Crippen LogP contribution >= 0.6 is 0 Å². The van der Waals surface area contributed by atoms with Crippen LogP contribution in [0.2, 0.25) is 0 Å². The first-order valence-electron chi connectivity index (χ1n) is 5.82. The highest BCUT2D eigenvalue weighted by Crippen LogP contribution is 2.51. The van der Waals surface area contributed by atoms with Crippen molar-refractivity contribution in [1.82, 2.24) is 0 Å². The molecule has 0 unspecified atom stereocenters. The molecule has 1 aliphatic rings. The molecule has 1 aromatic rings. The Kier molecular flexibility index (Phi) is 2.78. The van der Waals surface area contributed by atoms with Gasteiger partial charge >= 0.3 is 0 Å². The Hall–Kier alpha value is -1.25. The van der Waals surface area contributed by atoms with Gasteiger partial charge in [0.2, 0.25) is 0 Å². The maximum atomic E-state index is 13.1. The number of nitrogens with one attached hydrogen (secondary N) is 1. The summed E-state index contributed by atoms with van der Waals surface area (Å²) in [5, 5.41) is 3.29. The van der Waals surface area contributed by atoms with E-state index < -0.39 is 0 Å². The SMILES string of the molecule is CC(C)C1(CNc2cc(N)cc(F)c2)CC1. The Balaban J connectivity index is 2.00. The van der Waals surface area contributed by atoms with Gasteiger partial charge in [-0.15, -0.1) is 0 Å². The molecule has 1 aromatic carbocycles. The van der Waals surface area contributed by atoms with Crippen molar-refractivity contribution in [3.05, 3.63) is 24.0 Å². The van der Waals surface area contributed by atoms with Gasteiger partial charge in [-0.25, -0.2) is 4.39 Å². The van der Waals surface area contributed by atoms with E-state index in [-0.39, 0.29) is 5.82 Å². The van der Waals surface area contributed by atoms with Crippen LogP contribution < -0.4 is 11.1 Å². The predicted octanol–water partition coefficient (Wildman–Crippen LogP) is 3.26. The van der Waals surface area contributed by atoms with E-state index in [9.17, 15) is 4.39 Å². The van der Waals surface area contributed by atoms with E-state index >= 15 is 0 Å². The maximum absolute atomic E-state index is 13.1. The lowest BCUT2D eigenvalue weighted by molar-refractivity contribution is 0.380. The number of hydrogen-bond acceptors (Lipinski definition) is 2. The van der Waals surface area contributed by atoms with Crippen LogP contribution in [0.5, 0.6) is 0 Å². The summed E-state index contributed by atoms with van der Waals surface area (Å²) in [7, 11) is 0. The molecule has 3 N–H and O–H groups in total. The van der Waals surface area contributed by atoms with Crippen LogP contribution in [-0.4, -0.2) is 6.54 Å². The lowest BCUT2D eigenvalue weighted by Gasteiger charge is -2.20. The summed E-state index contributed by atoms with van der Waals surface area (Å²) >= 11 is 0. The molecule has 0 aliphatic heterocycles. The summed E-state index contributed by atoms with van der Waals surface area (Å²) in [5.41, 5.74) is 7.26. The molecular formula is C13H19FN2. The van der Waals surface area contributed by atoms with Crippen LogP contribution in [0.3, 0.4) is 0 Å². The predicted molar refractivity (Wildman–Crippen MR) is 65.8 cm³/mol. The molecule has 2 rings (SSSR count). The van der Waals surface area contributed by atoms with Crippen LogP contribution in [0.15, 0.2) is 18.2 Å². The number of halogens is 1. The zero-order valence-electron chi connectivity index (χ0n) is 9.89. The minimum Gasteiger partial charge on any atom is -0.399 e. The largest absolute Gasteiger partial charge is 0.399 e. The monoisotopic (exact) mass is 222 g/mol. The molecule has 88 valence electrons. The number of hydrogen-bond donors (Lipinski definition) is 2. The minimum atomic E-state index is -0.281. The number of nitrogens with two attached hydrogens (primary N) is 1. The third kappa shape index (κ3) is 2.29. The Morgan fingerprint density at radius 2 is 2.06 bits per heavy atom. The lowest BCUT2D eigenvalue weighted by atomic mass is 9.92. The Labute approximate surface area is 96.0 Å². The standard InChI is InChI=1S/C13H19FN2/c1-9(2)13(3-4-13)8-16-12-6-10(14)5-11(15)7-12/h5-7,9,16H,3-4,8,15H2,1-2H3. The van der Waals surface area contributed by atoms with Crippen molar-refractivity contribution in [1.29, 1.82) is 0 Å². The van der Waals surface area contributed by atoms with E-state index in [0.29, 0.717) is 17.0 Å². The average molecular weight is 222 g/mol. The molecule has 0 aromatic heterocycles. The van der Waals surface area contributed by atoms with Crippen molar-refractivity contribution in [2.75, 3.05) is 17.6 Å². The molecular weight excluding hydrogens is 203 g/mol. The summed E-state index contributed by atoms with van der Waals surface area (Å²) < 4.78 is 13.1. The molecule has 1 aliphatic carbocycles. The Morgan fingerprint density at radius 3 is 2.56 bits per heavy atom. The van der Waals surface area contributed by atoms with Gasteiger partial charge < -0.3 is 11.1 Å².